The molecule has 1 heterocycles. The second-order valence-electron chi connectivity index (χ2n) is 3.62. The number of methoxy groups -OCH3 is 1. The highest BCUT2D eigenvalue weighted by atomic mass is 19.1. The van der Waals surface area contributed by atoms with Crippen LogP contribution in [0.4, 0.5) is 4.39 Å². The minimum atomic E-state index is -1.61. The van der Waals surface area contributed by atoms with Crippen LogP contribution in [0.25, 0.3) is 11.5 Å². The Morgan fingerprint density at radius 2 is 2.00 bits per heavy atom. The first kappa shape index (κ1) is 13.5. The molecule has 0 bridgehead atoms. The van der Waals surface area contributed by atoms with Crippen LogP contribution >= 0.6 is 0 Å². The molecular formula is C12H8FNO6. The van der Waals surface area contributed by atoms with Gasteiger partial charge in [0, 0.05) is 0 Å². The van der Waals surface area contributed by atoms with Crippen LogP contribution in [0.2, 0.25) is 0 Å². The third-order valence-corrected chi connectivity index (χ3v) is 2.43. The van der Waals surface area contributed by atoms with Gasteiger partial charge >= 0.3 is 11.9 Å². The minimum absolute atomic E-state index is 0.0418. The second-order valence-corrected chi connectivity index (χ2v) is 3.62. The summed E-state index contributed by atoms with van der Waals surface area (Å²) in [4.78, 5) is 25.3. The van der Waals surface area contributed by atoms with Crippen molar-refractivity contribution in [2.75, 3.05) is 7.11 Å². The van der Waals surface area contributed by atoms with E-state index in [2.05, 4.69) is 4.98 Å². The van der Waals surface area contributed by atoms with Crippen molar-refractivity contribution >= 4 is 11.9 Å². The molecule has 0 saturated carbocycles. The van der Waals surface area contributed by atoms with E-state index in [1.54, 1.807) is 0 Å². The van der Waals surface area contributed by atoms with E-state index >= 15 is 0 Å². The van der Waals surface area contributed by atoms with Gasteiger partial charge in [-0.3, -0.25) is 0 Å². The summed E-state index contributed by atoms with van der Waals surface area (Å²) in [5.74, 6) is -5.30. The van der Waals surface area contributed by atoms with E-state index in [-0.39, 0.29) is 11.3 Å². The number of aromatic nitrogens is 1. The quantitative estimate of drug-likeness (QED) is 0.880. The number of aromatic carboxylic acids is 2. The summed E-state index contributed by atoms with van der Waals surface area (Å²) >= 11 is 0. The molecule has 20 heavy (non-hydrogen) atoms. The van der Waals surface area contributed by atoms with Gasteiger partial charge in [0.1, 0.15) is 17.1 Å². The smallest absolute Gasteiger partial charge is 0.374 e. The monoisotopic (exact) mass is 281 g/mol. The van der Waals surface area contributed by atoms with Crippen molar-refractivity contribution in [3.63, 3.8) is 0 Å². The Morgan fingerprint density at radius 1 is 1.30 bits per heavy atom. The number of benzene rings is 1. The van der Waals surface area contributed by atoms with Crippen molar-refractivity contribution in [2.24, 2.45) is 0 Å². The molecule has 7 nitrogen and oxygen atoms in total. The van der Waals surface area contributed by atoms with E-state index in [9.17, 15) is 14.0 Å². The maximum Gasteiger partial charge on any atom is 0.374 e. The molecule has 104 valence electrons. The van der Waals surface area contributed by atoms with Gasteiger partial charge in [0.05, 0.1) is 7.11 Å². The number of carboxylic acid groups (broad SMARTS) is 2. The van der Waals surface area contributed by atoms with Crippen LogP contribution in [0.5, 0.6) is 5.75 Å². The van der Waals surface area contributed by atoms with Crippen molar-refractivity contribution in [3.05, 3.63) is 35.5 Å². The summed E-state index contributed by atoms with van der Waals surface area (Å²) in [5, 5.41) is 17.7. The average molecular weight is 281 g/mol. The molecule has 0 fully saturated rings. The van der Waals surface area contributed by atoms with Crippen LogP contribution in [0.1, 0.15) is 21.0 Å². The highest BCUT2D eigenvalue weighted by Crippen LogP contribution is 2.33. The number of oxazole rings is 1. The fourth-order valence-corrected chi connectivity index (χ4v) is 1.60. The van der Waals surface area contributed by atoms with E-state index in [0.717, 1.165) is 6.07 Å². The highest BCUT2D eigenvalue weighted by Gasteiger charge is 2.27. The standard InChI is InChI=1S/C12H8FNO6/c1-19-6-4-2-3-5(13)7(6)10-14-8(11(15)16)9(20-10)12(17)18/h2-4H,1H3,(H,15,16)(H,17,18). The highest BCUT2D eigenvalue weighted by molar-refractivity contribution is 5.98. The predicted molar refractivity (Wildman–Crippen MR) is 62.4 cm³/mol. The van der Waals surface area contributed by atoms with Crippen LogP contribution < -0.4 is 4.74 Å². The van der Waals surface area contributed by atoms with Gasteiger partial charge in [-0.25, -0.2) is 19.0 Å². The molecule has 2 aromatic rings. The van der Waals surface area contributed by atoms with Gasteiger partial charge in [0.2, 0.25) is 17.3 Å². The SMILES string of the molecule is COc1cccc(F)c1-c1nc(C(=O)O)c(C(=O)O)o1. The van der Waals surface area contributed by atoms with Gasteiger partial charge < -0.3 is 19.4 Å². The number of rotatable bonds is 4. The van der Waals surface area contributed by atoms with Gasteiger partial charge in [0.25, 0.3) is 0 Å². The summed E-state index contributed by atoms with van der Waals surface area (Å²) in [7, 11) is 1.28. The maximum atomic E-state index is 13.8. The van der Waals surface area contributed by atoms with Gasteiger partial charge in [-0.1, -0.05) is 6.07 Å². The summed E-state index contributed by atoms with van der Waals surface area (Å²) in [5.41, 5.74) is -1.05. The van der Waals surface area contributed by atoms with Crippen LogP contribution in [-0.2, 0) is 0 Å². The second kappa shape index (κ2) is 5.00. The maximum absolute atomic E-state index is 13.8. The Labute approximate surface area is 111 Å². The summed E-state index contributed by atoms with van der Waals surface area (Å²) < 4.78 is 23.5. The Kier molecular flexibility index (Phi) is 3.38. The largest absolute Gasteiger partial charge is 0.496 e. The summed E-state index contributed by atoms with van der Waals surface area (Å²) in [6, 6.07) is 3.86. The van der Waals surface area contributed by atoms with Crippen molar-refractivity contribution in [2.45, 2.75) is 0 Å². The zero-order chi connectivity index (χ0) is 14.9. The van der Waals surface area contributed by atoms with Gasteiger partial charge in [-0.2, -0.15) is 0 Å². The van der Waals surface area contributed by atoms with Crippen molar-refractivity contribution < 1.29 is 33.3 Å². The van der Waals surface area contributed by atoms with Crippen molar-refractivity contribution in [3.8, 4) is 17.2 Å². The lowest BCUT2D eigenvalue weighted by molar-refractivity contribution is 0.0624. The molecule has 1 aromatic heterocycles. The number of halogens is 1. The molecule has 0 saturated heterocycles. The van der Waals surface area contributed by atoms with E-state index in [1.165, 1.54) is 19.2 Å². The van der Waals surface area contributed by atoms with Gasteiger partial charge in [-0.05, 0) is 12.1 Å². The van der Waals surface area contributed by atoms with Crippen LogP contribution in [-0.4, -0.2) is 34.2 Å². The number of ether oxygens (including phenoxy) is 1. The van der Waals surface area contributed by atoms with E-state index in [0.29, 0.717) is 0 Å². The topological polar surface area (TPSA) is 110 Å². The van der Waals surface area contributed by atoms with Crippen LogP contribution in [0.15, 0.2) is 22.6 Å². The molecule has 0 radical (unpaired) electrons. The molecule has 0 aliphatic heterocycles. The predicted octanol–water partition coefficient (Wildman–Crippen LogP) is 1.89. The lowest BCUT2D eigenvalue weighted by Crippen LogP contribution is -2.05. The number of hydrogen-bond acceptors (Lipinski definition) is 5. The molecule has 0 atom stereocenters. The fourth-order valence-electron chi connectivity index (χ4n) is 1.60. The van der Waals surface area contributed by atoms with E-state index in [4.69, 9.17) is 19.4 Å². The first-order valence-electron chi connectivity index (χ1n) is 5.26. The van der Waals surface area contributed by atoms with Crippen molar-refractivity contribution in [1.29, 1.82) is 0 Å². The minimum Gasteiger partial charge on any atom is -0.496 e. The molecule has 8 heteroatoms. The third-order valence-electron chi connectivity index (χ3n) is 2.43. The molecule has 2 N–H and O–H groups in total. The average Bonchev–Trinajstić information content (AvgIpc) is 2.83. The normalized spacial score (nSPS) is 10.3. The summed E-state index contributed by atoms with van der Waals surface area (Å²) in [6.07, 6.45) is 0. The Morgan fingerprint density at radius 3 is 2.50 bits per heavy atom. The molecule has 1 aromatic carbocycles. The number of carbonyl (C=O) groups is 2. The van der Waals surface area contributed by atoms with Crippen LogP contribution in [0, 0.1) is 5.82 Å². The Hall–Kier alpha value is -2.90. The fraction of sp³-hybridized carbons (Fsp3) is 0.0833. The lowest BCUT2D eigenvalue weighted by Gasteiger charge is -2.05. The van der Waals surface area contributed by atoms with Gasteiger partial charge in [0.15, 0.2) is 0 Å². The number of carboxylic acids is 2. The number of nitrogens with zero attached hydrogens (tertiary/aromatic N) is 1. The molecule has 0 amide bonds. The van der Waals surface area contributed by atoms with E-state index < -0.39 is 35.1 Å². The first-order chi connectivity index (χ1) is 9.45. The Bertz CT molecular complexity index is 662. The first-order valence-corrected chi connectivity index (χ1v) is 5.26. The zero-order valence-electron chi connectivity index (χ0n) is 10.1. The number of hydrogen-bond donors (Lipinski definition) is 2. The lowest BCUT2D eigenvalue weighted by atomic mass is 10.2. The van der Waals surface area contributed by atoms with Crippen molar-refractivity contribution in [1.82, 2.24) is 4.98 Å². The molecular weight excluding hydrogens is 273 g/mol. The third kappa shape index (κ3) is 2.18. The molecule has 2 rings (SSSR count). The van der Waals surface area contributed by atoms with E-state index in [1.807, 2.05) is 0 Å². The van der Waals surface area contributed by atoms with Gasteiger partial charge in [-0.15, -0.1) is 0 Å². The molecule has 0 unspecified atom stereocenters. The summed E-state index contributed by atoms with van der Waals surface area (Å²) in [6.45, 7) is 0. The zero-order valence-corrected chi connectivity index (χ0v) is 10.1. The molecule has 0 aliphatic carbocycles. The van der Waals surface area contributed by atoms with Crippen LogP contribution in [0.3, 0.4) is 0 Å². The molecule has 0 spiro atoms. The Balaban J connectivity index is 2.68. The molecule has 0 aliphatic rings.